The molecule has 3 rings (SSSR count). The first kappa shape index (κ1) is 15.9. The second-order valence-electron chi connectivity index (χ2n) is 5.42. The highest BCUT2D eigenvalue weighted by Gasteiger charge is 2.03. The molecule has 0 saturated carbocycles. The summed E-state index contributed by atoms with van der Waals surface area (Å²) in [5, 5.41) is 14.1. The van der Waals surface area contributed by atoms with E-state index >= 15 is 0 Å². The lowest BCUT2D eigenvalue weighted by Gasteiger charge is -2.08. The lowest BCUT2D eigenvalue weighted by atomic mass is 10.1. The van der Waals surface area contributed by atoms with E-state index in [4.69, 9.17) is 0 Å². The van der Waals surface area contributed by atoms with Crippen LogP contribution in [-0.4, -0.2) is 21.7 Å². The van der Waals surface area contributed by atoms with E-state index in [1.165, 1.54) is 11.6 Å². The highest BCUT2D eigenvalue weighted by molar-refractivity contribution is 5.56. The SMILES string of the molecule is Cc1ccc(Nc2cnnc(NCCc3ccccc3F)n2)cc1. The van der Waals surface area contributed by atoms with Crippen molar-refractivity contribution >= 4 is 17.5 Å². The zero-order valence-electron chi connectivity index (χ0n) is 13.3. The molecule has 2 aromatic carbocycles. The number of nitrogens with zero attached hydrogens (tertiary/aromatic N) is 3. The summed E-state index contributed by atoms with van der Waals surface area (Å²) >= 11 is 0. The van der Waals surface area contributed by atoms with E-state index in [2.05, 4.69) is 25.8 Å². The molecule has 0 saturated heterocycles. The topological polar surface area (TPSA) is 62.7 Å². The van der Waals surface area contributed by atoms with Crippen LogP contribution in [-0.2, 0) is 6.42 Å². The van der Waals surface area contributed by atoms with Crippen molar-refractivity contribution in [1.29, 1.82) is 0 Å². The van der Waals surface area contributed by atoms with E-state index in [1.807, 2.05) is 37.3 Å². The molecule has 0 spiro atoms. The summed E-state index contributed by atoms with van der Waals surface area (Å²) in [5.41, 5.74) is 2.78. The fraction of sp³-hybridized carbons (Fsp3) is 0.167. The molecule has 0 aliphatic rings. The Morgan fingerprint density at radius 2 is 1.83 bits per heavy atom. The van der Waals surface area contributed by atoms with Gasteiger partial charge in [0.2, 0.25) is 5.95 Å². The van der Waals surface area contributed by atoms with Crippen molar-refractivity contribution in [3.05, 3.63) is 71.7 Å². The van der Waals surface area contributed by atoms with Crippen molar-refractivity contribution < 1.29 is 4.39 Å². The first-order valence-corrected chi connectivity index (χ1v) is 7.71. The molecule has 3 aromatic rings. The minimum Gasteiger partial charge on any atom is -0.353 e. The van der Waals surface area contributed by atoms with Gasteiger partial charge in [0.25, 0.3) is 0 Å². The van der Waals surface area contributed by atoms with Gasteiger partial charge in [-0.05, 0) is 37.1 Å². The molecule has 0 fully saturated rings. The van der Waals surface area contributed by atoms with Gasteiger partial charge in [-0.15, -0.1) is 5.10 Å². The number of halogens is 1. The molecule has 0 atom stereocenters. The van der Waals surface area contributed by atoms with Crippen LogP contribution in [0.3, 0.4) is 0 Å². The second kappa shape index (κ2) is 7.50. The molecule has 24 heavy (non-hydrogen) atoms. The highest BCUT2D eigenvalue weighted by atomic mass is 19.1. The van der Waals surface area contributed by atoms with Crippen molar-refractivity contribution in [1.82, 2.24) is 15.2 Å². The number of anilines is 3. The van der Waals surface area contributed by atoms with E-state index < -0.39 is 0 Å². The fourth-order valence-corrected chi connectivity index (χ4v) is 2.23. The predicted molar refractivity (Wildman–Crippen MR) is 92.9 cm³/mol. The van der Waals surface area contributed by atoms with Crippen molar-refractivity contribution in [2.45, 2.75) is 13.3 Å². The minimum atomic E-state index is -0.201. The molecule has 6 heteroatoms. The number of nitrogens with one attached hydrogen (secondary N) is 2. The van der Waals surface area contributed by atoms with Gasteiger partial charge in [-0.2, -0.15) is 10.1 Å². The third kappa shape index (κ3) is 4.25. The summed E-state index contributed by atoms with van der Waals surface area (Å²) in [6.07, 6.45) is 2.10. The summed E-state index contributed by atoms with van der Waals surface area (Å²) in [7, 11) is 0. The highest BCUT2D eigenvalue weighted by Crippen LogP contribution is 2.15. The Balaban J connectivity index is 1.59. The van der Waals surface area contributed by atoms with Crippen LogP contribution in [0.25, 0.3) is 0 Å². The van der Waals surface area contributed by atoms with Crippen LogP contribution in [0.15, 0.2) is 54.7 Å². The van der Waals surface area contributed by atoms with E-state index in [1.54, 1.807) is 18.3 Å². The third-order valence-corrected chi connectivity index (χ3v) is 3.52. The van der Waals surface area contributed by atoms with Gasteiger partial charge in [0.15, 0.2) is 5.82 Å². The van der Waals surface area contributed by atoms with Crippen LogP contribution in [0.5, 0.6) is 0 Å². The average molecular weight is 323 g/mol. The maximum Gasteiger partial charge on any atom is 0.244 e. The molecule has 0 unspecified atom stereocenters. The Morgan fingerprint density at radius 1 is 1.04 bits per heavy atom. The molecule has 0 bridgehead atoms. The Morgan fingerprint density at radius 3 is 2.62 bits per heavy atom. The fourth-order valence-electron chi connectivity index (χ4n) is 2.23. The largest absolute Gasteiger partial charge is 0.353 e. The standard InChI is InChI=1S/C18H18FN5/c1-13-6-8-15(9-7-13)22-17-12-21-24-18(23-17)20-11-10-14-4-2-3-5-16(14)19/h2-9,12H,10-11H2,1H3,(H2,20,22,23,24). The Labute approximate surface area is 140 Å². The molecule has 0 aliphatic heterocycles. The molecule has 0 aliphatic carbocycles. The van der Waals surface area contributed by atoms with E-state index in [0.29, 0.717) is 30.3 Å². The summed E-state index contributed by atoms with van der Waals surface area (Å²) in [5.74, 6) is 0.804. The molecular formula is C18H18FN5. The molecule has 122 valence electrons. The Kier molecular flexibility index (Phi) is 4.96. The first-order chi connectivity index (χ1) is 11.7. The lowest BCUT2D eigenvalue weighted by Crippen LogP contribution is -2.10. The second-order valence-corrected chi connectivity index (χ2v) is 5.42. The molecule has 1 aromatic heterocycles. The normalized spacial score (nSPS) is 10.4. The van der Waals surface area contributed by atoms with Crippen LogP contribution in [0.4, 0.5) is 21.8 Å². The van der Waals surface area contributed by atoms with Gasteiger partial charge in [0.05, 0.1) is 6.20 Å². The molecule has 0 radical (unpaired) electrons. The van der Waals surface area contributed by atoms with Gasteiger partial charge in [-0.1, -0.05) is 35.9 Å². The zero-order valence-corrected chi connectivity index (χ0v) is 13.3. The van der Waals surface area contributed by atoms with Gasteiger partial charge in [0.1, 0.15) is 5.82 Å². The Hall–Kier alpha value is -3.02. The van der Waals surface area contributed by atoms with Gasteiger partial charge in [-0.3, -0.25) is 0 Å². The van der Waals surface area contributed by atoms with Gasteiger partial charge < -0.3 is 10.6 Å². The van der Waals surface area contributed by atoms with E-state index in [0.717, 1.165) is 5.69 Å². The maximum absolute atomic E-state index is 13.6. The summed E-state index contributed by atoms with van der Waals surface area (Å²) < 4.78 is 13.6. The van der Waals surface area contributed by atoms with Crippen molar-refractivity contribution in [2.75, 3.05) is 17.2 Å². The maximum atomic E-state index is 13.6. The van der Waals surface area contributed by atoms with Crippen LogP contribution >= 0.6 is 0 Å². The minimum absolute atomic E-state index is 0.201. The molecule has 0 amide bonds. The quantitative estimate of drug-likeness (QED) is 0.724. The lowest BCUT2D eigenvalue weighted by molar-refractivity contribution is 0.610. The zero-order chi connectivity index (χ0) is 16.8. The van der Waals surface area contributed by atoms with Crippen LogP contribution in [0, 0.1) is 12.7 Å². The van der Waals surface area contributed by atoms with E-state index in [-0.39, 0.29) is 5.82 Å². The third-order valence-electron chi connectivity index (χ3n) is 3.52. The monoisotopic (exact) mass is 323 g/mol. The number of rotatable bonds is 6. The van der Waals surface area contributed by atoms with Gasteiger partial charge in [-0.25, -0.2) is 4.39 Å². The predicted octanol–water partition coefficient (Wildman–Crippen LogP) is 3.72. The van der Waals surface area contributed by atoms with Crippen molar-refractivity contribution in [2.24, 2.45) is 0 Å². The molecular weight excluding hydrogens is 305 g/mol. The van der Waals surface area contributed by atoms with Crippen LogP contribution in [0.1, 0.15) is 11.1 Å². The summed E-state index contributed by atoms with van der Waals surface area (Å²) in [4.78, 5) is 4.35. The van der Waals surface area contributed by atoms with Crippen LogP contribution < -0.4 is 10.6 Å². The number of hydrogen-bond donors (Lipinski definition) is 2. The van der Waals surface area contributed by atoms with Crippen molar-refractivity contribution in [3.63, 3.8) is 0 Å². The number of aryl methyl sites for hydroxylation is 1. The number of hydrogen-bond acceptors (Lipinski definition) is 5. The smallest absolute Gasteiger partial charge is 0.244 e. The van der Waals surface area contributed by atoms with E-state index in [9.17, 15) is 4.39 Å². The van der Waals surface area contributed by atoms with Gasteiger partial charge >= 0.3 is 0 Å². The molecule has 2 N–H and O–H groups in total. The van der Waals surface area contributed by atoms with Crippen molar-refractivity contribution in [3.8, 4) is 0 Å². The first-order valence-electron chi connectivity index (χ1n) is 7.71. The number of benzene rings is 2. The van der Waals surface area contributed by atoms with Gasteiger partial charge in [0, 0.05) is 12.2 Å². The van der Waals surface area contributed by atoms with Crippen LogP contribution in [0.2, 0.25) is 0 Å². The summed E-state index contributed by atoms with van der Waals surface area (Å²) in [6, 6.07) is 14.7. The Bertz CT molecular complexity index is 805. The molecule has 5 nitrogen and oxygen atoms in total. The number of aromatic nitrogens is 3. The average Bonchev–Trinajstić information content (AvgIpc) is 2.59. The summed E-state index contributed by atoms with van der Waals surface area (Å²) in [6.45, 7) is 2.56. The molecule has 1 heterocycles.